The molecule has 5 nitrogen and oxygen atoms in total. The minimum Gasteiger partial charge on any atom is -0.449 e. The van der Waals surface area contributed by atoms with Crippen molar-refractivity contribution < 1.29 is 14.3 Å². The van der Waals surface area contributed by atoms with Crippen LogP contribution in [0.4, 0.5) is 10.5 Å². The van der Waals surface area contributed by atoms with Gasteiger partial charge in [0, 0.05) is 30.3 Å². The Morgan fingerprint density at radius 1 is 1.53 bits per heavy atom. The van der Waals surface area contributed by atoms with Crippen LogP contribution in [0.2, 0.25) is 0 Å². The van der Waals surface area contributed by atoms with Crippen molar-refractivity contribution in [3.05, 3.63) is 29.8 Å². The summed E-state index contributed by atoms with van der Waals surface area (Å²) < 4.78 is 5.17. The number of ether oxygens (including phenoxy) is 1. The van der Waals surface area contributed by atoms with Crippen LogP contribution < -0.4 is 10.2 Å². The van der Waals surface area contributed by atoms with Crippen LogP contribution in [0.5, 0.6) is 0 Å². The van der Waals surface area contributed by atoms with Crippen LogP contribution in [-0.2, 0) is 4.74 Å². The highest BCUT2D eigenvalue weighted by Crippen LogP contribution is 2.22. The highest BCUT2D eigenvalue weighted by atomic mass is 16.6. The van der Waals surface area contributed by atoms with E-state index in [0.29, 0.717) is 24.4 Å². The molecular formula is C14H18N2O3. The first-order valence-electron chi connectivity index (χ1n) is 6.31. The second-order valence-electron chi connectivity index (χ2n) is 4.72. The lowest BCUT2D eigenvalue weighted by Crippen LogP contribution is -2.46. The molecule has 1 aliphatic heterocycles. The Labute approximate surface area is 112 Å². The number of ketones is 1. The Hall–Kier alpha value is -1.88. The third kappa shape index (κ3) is 3.12. The average molecular weight is 262 g/mol. The monoisotopic (exact) mass is 262 g/mol. The maximum absolute atomic E-state index is 11.8. The lowest BCUT2D eigenvalue weighted by Gasteiger charge is -2.32. The van der Waals surface area contributed by atoms with Crippen molar-refractivity contribution in [1.29, 1.82) is 0 Å². The molecule has 0 spiro atoms. The molecule has 2 rings (SSSR count). The molecule has 1 saturated heterocycles. The largest absolute Gasteiger partial charge is 0.449 e. The molecule has 0 aromatic heterocycles. The van der Waals surface area contributed by atoms with Crippen molar-refractivity contribution in [1.82, 2.24) is 5.32 Å². The zero-order chi connectivity index (χ0) is 13.8. The van der Waals surface area contributed by atoms with E-state index in [4.69, 9.17) is 4.74 Å². The molecule has 0 bridgehead atoms. The Kier molecular flexibility index (Phi) is 4.16. The number of nitrogens with one attached hydrogen (secondary N) is 1. The van der Waals surface area contributed by atoms with Crippen LogP contribution in [0.3, 0.4) is 0 Å². The third-order valence-corrected chi connectivity index (χ3v) is 3.16. The summed E-state index contributed by atoms with van der Waals surface area (Å²) in [6.07, 6.45) is -0.354. The van der Waals surface area contributed by atoms with Gasteiger partial charge in [0.2, 0.25) is 0 Å². The summed E-state index contributed by atoms with van der Waals surface area (Å²) in [4.78, 5) is 24.8. The molecule has 5 heteroatoms. The molecule has 0 aliphatic carbocycles. The van der Waals surface area contributed by atoms with Gasteiger partial charge in [0.25, 0.3) is 0 Å². The topological polar surface area (TPSA) is 58.6 Å². The first kappa shape index (κ1) is 13.5. The molecule has 1 fully saturated rings. The minimum atomic E-state index is -0.354. The van der Waals surface area contributed by atoms with E-state index in [1.165, 1.54) is 6.92 Å². The second kappa shape index (κ2) is 5.84. The molecule has 1 amide bonds. The van der Waals surface area contributed by atoms with Crippen molar-refractivity contribution in [2.75, 3.05) is 31.6 Å². The SMILES string of the molecule is CNCC1COC(=O)N(c2cccc(C(C)=O)c2)C1. The zero-order valence-electron chi connectivity index (χ0n) is 11.2. The van der Waals surface area contributed by atoms with E-state index in [1.807, 2.05) is 13.1 Å². The molecular weight excluding hydrogens is 244 g/mol. The van der Waals surface area contributed by atoms with Gasteiger partial charge in [-0.05, 0) is 26.1 Å². The summed E-state index contributed by atoms with van der Waals surface area (Å²) in [6.45, 7) is 3.33. The van der Waals surface area contributed by atoms with E-state index in [2.05, 4.69) is 5.32 Å². The van der Waals surface area contributed by atoms with E-state index in [-0.39, 0.29) is 17.8 Å². The van der Waals surface area contributed by atoms with Gasteiger partial charge in [-0.3, -0.25) is 9.69 Å². The maximum Gasteiger partial charge on any atom is 0.414 e. The number of hydrogen-bond acceptors (Lipinski definition) is 4. The smallest absolute Gasteiger partial charge is 0.414 e. The second-order valence-corrected chi connectivity index (χ2v) is 4.72. The summed E-state index contributed by atoms with van der Waals surface area (Å²) in [5.74, 6) is 0.239. The van der Waals surface area contributed by atoms with Gasteiger partial charge in [-0.25, -0.2) is 4.79 Å². The van der Waals surface area contributed by atoms with Crippen LogP contribution in [0.15, 0.2) is 24.3 Å². The number of Topliss-reactive ketones (excluding diaryl/α,β-unsaturated/α-hetero) is 1. The van der Waals surface area contributed by atoms with Crippen molar-refractivity contribution in [2.45, 2.75) is 6.92 Å². The summed E-state index contributed by atoms with van der Waals surface area (Å²) in [5.41, 5.74) is 1.31. The lowest BCUT2D eigenvalue weighted by molar-refractivity contribution is 0.101. The first-order chi connectivity index (χ1) is 9.11. The predicted octanol–water partition coefficient (Wildman–Crippen LogP) is 1.68. The molecule has 1 N–H and O–H groups in total. The first-order valence-corrected chi connectivity index (χ1v) is 6.31. The van der Waals surface area contributed by atoms with Crippen LogP contribution >= 0.6 is 0 Å². The quantitative estimate of drug-likeness (QED) is 0.839. The maximum atomic E-state index is 11.8. The Balaban J connectivity index is 2.21. The van der Waals surface area contributed by atoms with Gasteiger partial charge >= 0.3 is 6.09 Å². The molecule has 1 heterocycles. The molecule has 1 unspecified atom stereocenters. The summed E-state index contributed by atoms with van der Waals surface area (Å²) in [5, 5.41) is 3.08. The van der Waals surface area contributed by atoms with Gasteiger partial charge in [-0.1, -0.05) is 12.1 Å². The number of carbonyl (C=O) groups is 2. The van der Waals surface area contributed by atoms with Crippen molar-refractivity contribution >= 4 is 17.6 Å². The van der Waals surface area contributed by atoms with Crippen LogP contribution in [-0.4, -0.2) is 38.6 Å². The zero-order valence-corrected chi connectivity index (χ0v) is 11.2. The summed E-state index contributed by atoms with van der Waals surface area (Å²) in [6, 6.07) is 7.06. The van der Waals surface area contributed by atoms with E-state index < -0.39 is 0 Å². The van der Waals surface area contributed by atoms with Crippen LogP contribution in [0, 0.1) is 5.92 Å². The molecule has 102 valence electrons. The van der Waals surface area contributed by atoms with Crippen LogP contribution in [0.25, 0.3) is 0 Å². The summed E-state index contributed by atoms with van der Waals surface area (Å²) >= 11 is 0. The minimum absolute atomic E-state index is 0.0148. The molecule has 1 aliphatic rings. The number of anilines is 1. The number of cyclic esters (lactones) is 1. The average Bonchev–Trinajstić information content (AvgIpc) is 2.41. The van der Waals surface area contributed by atoms with Crippen molar-refractivity contribution in [3.8, 4) is 0 Å². The number of benzene rings is 1. The number of rotatable bonds is 4. The van der Waals surface area contributed by atoms with Gasteiger partial charge < -0.3 is 10.1 Å². The predicted molar refractivity (Wildman–Crippen MR) is 72.6 cm³/mol. The fourth-order valence-electron chi connectivity index (χ4n) is 2.17. The fraction of sp³-hybridized carbons (Fsp3) is 0.429. The van der Waals surface area contributed by atoms with E-state index >= 15 is 0 Å². The normalized spacial score (nSPS) is 19.2. The van der Waals surface area contributed by atoms with Gasteiger partial charge in [0.15, 0.2) is 5.78 Å². The third-order valence-electron chi connectivity index (χ3n) is 3.16. The number of carbonyl (C=O) groups excluding carboxylic acids is 2. The van der Waals surface area contributed by atoms with E-state index in [0.717, 1.165) is 6.54 Å². The highest BCUT2D eigenvalue weighted by molar-refractivity contribution is 5.96. The van der Waals surface area contributed by atoms with Gasteiger partial charge in [0.1, 0.15) is 0 Å². The highest BCUT2D eigenvalue weighted by Gasteiger charge is 2.28. The molecule has 0 radical (unpaired) electrons. The van der Waals surface area contributed by atoms with Gasteiger partial charge in [-0.2, -0.15) is 0 Å². The molecule has 1 aromatic rings. The molecule has 1 atom stereocenters. The van der Waals surface area contributed by atoms with Crippen LogP contribution in [0.1, 0.15) is 17.3 Å². The fourth-order valence-corrected chi connectivity index (χ4v) is 2.17. The van der Waals surface area contributed by atoms with Gasteiger partial charge in [-0.15, -0.1) is 0 Å². The van der Waals surface area contributed by atoms with E-state index in [9.17, 15) is 9.59 Å². The Morgan fingerprint density at radius 2 is 2.32 bits per heavy atom. The molecule has 19 heavy (non-hydrogen) atoms. The van der Waals surface area contributed by atoms with E-state index in [1.54, 1.807) is 23.1 Å². The standard InChI is InChI=1S/C14H18N2O3/c1-10(17)12-4-3-5-13(6-12)16-8-11(7-15-2)9-19-14(16)18/h3-6,11,15H,7-9H2,1-2H3. The molecule has 0 saturated carbocycles. The number of nitrogens with zero attached hydrogens (tertiary/aromatic N) is 1. The Bertz CT molecular complexity index is 487. The van der Waals surface area contributed by atoms with Crippen molar-refractivity contribution in [3.63, 3.8) is 0 Å². The number of amides is 1. The van der Waals surface area contributed by atoms with Gasteiger partial charge in [0.05, 0.1) is 6.61 Å². The molecule has 1 aromatic carbocycles. The Morgan fingerprint density at radius 3 is 3.00 bits per heavy atom. The summed E-state index contributed by atoms with van der Waals surface area (Å²) in [7, 11) is 1.87. The lowest BCUT2D eigenvalue weighted by atomic mass is 10.1. The van der Waals surface area contributed by atoms with Crippen molar-refractivity contribution in [2.24, 2.45) is 5.92 Å². The number of hydrogen-bond donors (Lipinski definition) is 1.